The van der Waals surface area contributed by atoms with Crippen molar-refractivity contribution in [2.45, 2.75) is 32.2 Å². The van der Waals surface area contributed by atoms with E-state index in [2.05, 4.69) is 53.1 Å². The molecule has 1 aromatic carbocycles. The Morgan fingerprint density at radius 1 is 1.27 bits per heavy atom. The summed E-state index contributed by atoms with van der Waals surface area (Å²) >= 11 is 1.85. The van der Waals surface area contributed by atoms with E-state index < -0.39 is 5.97 Å². The van der Waals surface area contributed by atoms with Gasteiger partial charge in [-0.25, -0.2) is 0 Å². The van der Waals surface area contributed by atoms with Gasteiger partial charge >= 0.3 is 5.97 Å². The Morgan fingerprint density at radius 3 is 2.58 bits per heavy atom. The summed E-state index contributed by atoms with van der Waals surface area (Å²) in [7, 11) is 4.09. The molecule has 2 unspecified atom stereocenters. The van der Waals surface area contributed by atoms with Gasteiger partial charge in [-0.15, -0.1) is 11.3 Å². The largest absolute Gasteiger partial charge is 0.481 e. The Balaban J connectivity index is 1.94. The molecule has 0 spiro atoms. The molecule has 0 amide bonds. The van der Waals surface area contributed by atoms with Gasteiger partial charge in [-0.2, -0.15) is 0 Å². The van der Waals surface area contributed by atoms with E-state index in [1.54, 1.807) is 0 Å². The Labute approximate surface area is 160 Å². The minimum Gasteiger partial charge on any atom is -0.481 e. The van der Waals surface area contributed by atoms with Gasteiger partial charge in [0.1, 0.15) is 0 Å². The lowest BCUT2D eigenvalue weighted by atomic mass is 9.94. The molecule has 0 saturated carbocycles. The summed E-state index contributed by atoms with van der Waals surface area (Å²) in [5.41, 5.74) is 2.42. The Bertz CT molecular complexity index is 739. The molecule has 2 atom stereocenters. The first-order chi connectivity index (χ1) is 12.5. The molecule has 1 aromatic heterocycles. The van der Waals surface area contributed by atoms with Crippen molar-refractivity contribution in [3.63, 3.8) is 0 Å². The zero-order valence-electron chi connectivity index (χ0n) is 15.8. The highest BCUT2D eigenvalue weighted by atomic mass is 32.1. The number of piperidine rings is 1. The van der Waals surface area contributed by atoms with Crippen LogP contribution in [0.4, 0.5) is 5.69 Å². The van der Waals surface area contributed by atoms with Crippen LogP contribution in [0.2, 0.25) is 0 Å². The van der Waals surface area contributed by atoms with E-state index in [1.165, 1.54) is 21.0 Å². The lowest BCUT2D eigenvalue weighted by Gasteiger charge is -2.37. The SMILES string of the molecule is CCc1ccc(C(c2ccc(N(C)C)cc2)N2CCCC(C(=O)O)C2)s1. The van der Waals surface area contributed by atoms with Gasteiger partial charge in [-0.05, 0) is 55.6 Å². The molecule has 4 nitrogen and oxygen atoms in total. The Morgan fingerprint density at radius 2 is 2.00 bits per heavy atom. The van der Waals surface area contributed by atoms with E-state index in [0.717, 1.165) is 25.8 Å². The molecule has 5 heteroatoms. The average molecular weight is 373 g/mol. The zero-order chi connectivity index (χ0) is 18.7. The lowest BCUT2D eigenvalue weighted by molar-refractivity contribution is -0.143. The Hall–Kier alpha value is -1.85. The number of benzene rings is 1. The van der Waals surface area contributed by atoms with Gasteiger partial charge in [-0.1, -0.05) is 19.1 Å². The van der Waals surface area contributed by atoms with Crippen molar-refractivity contribution in [3.05, 3.63) is 51.7 Å². The molecule has 1 aliphatic rings. The number of thiophene rings is 1. The number of carbonyl (C=O) groups is 1. The number of aryl methyl sites for hydroxylation is 1. The maximum absolute atomic E-state index is 11.5. The van der Waals surface area contributed by atoms with Crippen molar-refractivity contribution in [2.75, 3.05) is 32.1 Å². The van der Waals surface area contributed by atoms with Crippen LogP contribution in [0.5, 0.6) is 0 Å². The van der Waals surface area contributed by atoms with Crippen molar-refractivity contribution in [1.29, 1.82) is 0 Å². The topological polar surface area (TPSA) is 43.8 Å². The first-order valence-corrected chi connectivity index (χ1v) is 10.1. The van der Waals surface area contributed by atoms with E-state index in [9.17, 15) is 9.90 Å². The van der Waals surface area contributed by atoms with Crippen LogP contribution in [0.1, 0.15) is 41.1 Å². The summed E-state index contributed by atoms with van der Waals surface area (Å²) in [6.45, 7) is 3.75. The molecule has 1 aliphatic heterocycles. The fraction of sp³-hybridized carbons (Fsp3) is 0.476. The molecular weight excluding hydrogens is 344 g/mol. The highest BCUT2D eigenvalue weighted by Crippen LogP contribution is 2.37. The minimum atomic E-state index is -0.670. The standard InChI is InChI=1S/C21H28N2O2S/c1-4-18-11-12-19(26-18)20(15-7-9-17(10-8-15)22(2)3)23-13-5-6-16(14-23)21(24)25/h7-12,16,20H,4-6,13-14H2,1-3H3,(H,24,25). The van der Waals surface area contributed by atoms with Crippen LogP contribution in [0.3, 0.4) is 0 Å². The van der Waals surface area contributed by atoms with Crippen molar-refractivity contribution in [2.24, 2.45) is 5.92 Å². The number of hydrogen-bond donors (Lipinski definition) is 1. The monoisotopic (exact) mass is 372 g/mol. The predicted molar refractivity (Wildman–Crippen MR) is 108 cm³/mol. The number of anilines is 1. The lowest BCUT2D eigenvalue weighted by Crippen LogP contribution is -2.41. The van der Waals surface area contributed by atoms with Crippen LogP contribution >= 0.6 is 11.3 Å². The number of rotatable bonds is 6. The average Bonchev–Trinajstić information content (AvgIpc) is 3.11. The second kappa shape index (κ2) is 8.23. The quantitative estimate of drug-likeness (QED) is 0.823. The second-order valence-electron chi connectivity index (χ2n) is 7.22. The van der Waals surface area contributed by atoms with Gasteiger partial charge in [0.2, 0.25) is 0 Å². The number of hydrogen-bond acceptors (Lipinski definition) is 4. The fourth-order valence-corrected chi connectivity index (χ4v) is 4.80. The molecule has 0 aliphatic carbocycles. The summed E-state index contributed by atoms with van der Waals surface area (Å²) in [5, 5.41) is 9.49. The minimum absolute atomic E-state index is 0.138. The molecule has 0 bridgehead atoms. The van der Waals surface area contributed by atoms with Crippen LogP contribution < -0.4 is 4.90 Å². The van der Waals surface area contributed by atoms with E-state index in [1.807, 2.05) is 25.4 Å². The molecule has 0 radical (unpaired) electrons. The molecule has 140 valence electrons. The van der Waals surface area contributed by atoms with E-state index in [-0.39, 0.29) is 12.0 Å². The van der Waals surface area contributed by atoms with Crippen LogP contribution in [0.15, 0.2) is 36.4 Å². The molecular formula is C21H28N2O2S. The first kappa shape index (κ1) is 18.9. The van der Waals surface area contributed by atoms with Crippen LogP contribution in [-0.2, 0) is 11.2 Å². The molecule has 26 heavy (non-hydrogen) atoms. The van der Waals surface area contributed by atoms with Gasteiger partial charge < -0.3 is 10.0 Å². The van der Waals surface area contributed by atoms with Crippen LogP contribution in [0.25, 0.3) is 0 Å². The van der Waals surface area contributed by atoms with Gasteiger partial charge in [0.05, 0.1) is 12.0 Å². The third-order valence-corrected chi connectivity index (χ3v) is 6.47. The maximum Gasteiger partial charge on any atom is 0.307 e. The summed E-state index contributed by atoms with van der Waals surface area (Å²) in [6.07, 6.45) is 2.76. The third kappa shape index (κ3) is 4.10. The molecule has 2 heterocycles. The summed E-state index contributed by atoms with van der Waals surface area (Å²) < 4.78 is 0. The van der Waals surface area contributed by atoms with E-state index in [4.69, 9.17) is 0 Å². The van der Waals surface area contributed by atoms with Gasteiger partial charge in [0.25, 0.3) is 0 Å². The van der Waals surface area contributed by atoms with Gasteiger partial charge in [-0.3, -0.25) is 9.69 Å². The van der Waals surface area contributed by atoms with Crippen molar-refractivity contribution >= 4 is 23.0 Å². The maximum atomic E-state index is 11.5. The van der Waals surface area contributed by atoms with E-state index in [0.29, 0.717) is 6.54 Å². The number of carboxylic acids is 1. The summed E-state index contributed by atoms with van der Waals surface area (Å²) in [4.78, 5) is 18.7. The Kier molecular flexibility index (Phi) is 5.99. The zero-order valence-corrected chi connectivity index (χ0v) is 16.6. The second-order valence-corrected chi connectivity index (χ2v) is 8.42. The van der Waals surface area contributed by atoms with Crippen molar-refractivity contribution in [1.82, 2.24) is 4.90 Å². The number of likely N-dealkylation sites (tertiary alicyclic amines) is 1. The smallest absolute Gasteiger partial charge is 0.307 e. The molecule has 1 N–H and O–H groups in total. The summed E-state index contributed by atoms with van der Waals surface area (Å²) in [6, 6.07) is 13.2. The van der Waals surface area contributed by atoms with Crippen molar-refractivity contribution in [3.8, 4) is 0 Å². The number of nitrogens with zero attached hydrogens (tertiary/aromatic N) is 2. The summed E-state index contributed by atoms with van der Waals surface area (Å²) in [5.74, 6) is -0.935. The van der Waals surface area contributed by atoms with Crippen LogP contribution in [-0.4, -0.2) is 43.2 Å². The number of carboxylic acid groups (broad SMARTS) is 1. The van der Waals surface area contributed by atoms with Crippen LogP contribution in [0, 0.1) is 5.92 Å². The first-order valence-electron chi connectivity index (χ1n) is 9.32. The molecule has 1 fully saturated rings. The molecule has 2 aromatic rings. The highest BCUT2D eigenvalue weighted by molar-refractivity contribution is 7.12. The fourth-order valence-electron chi connectivity index (χ4n) is 3.68. The van der Waals surface area contributed by atoms with Crippen molar-refractivity contribution < 1.29 is 9.90 Å². The number of aliphatic carboxylic acids is 1. The molecule has 1 saturated heterocycles. The van der Waals surface area contributed by atoms with E-state index >= 15 is 0 Å². The van der Waals surface area contributed by atoms with Gasteiger partial charge in [0.15, 0.2) is 0 Å². The predicted octanol–water partition coefficient (Wildman–Crippen LogP) is 4.26. The van der Waals surface area contributed by atoms with Gasteiger partial charge in [0, 0.05) is 36.1 Å². The third-order valence-electron chi connectivity index (χ3n) is 5.19. The highest BCUT2D eigenvalue weighted by Gasteiger charge is 2.32. The normalized spacial score (nSPS) is 19.3. The molecule has 3 rings (SSSR count).